The van der Waals surface area contributed by atoms with Gasteiger partial charge in [-0.15, -0.1) is 0 Å². The maximum atomic E-state index is 12.9. The third-order valence-electron chi connectivity index (χ3n) is 3.12. The summed E-state index contributed by atoms with van der Waals surface area (Å²) in [5.74, 6) is -0.232. The second kappa shape index (κ2) is 6.51. The number of nitrogens with one attached hydrogen (secondary N) is 1. The third-order valence-corrected chi connectivity index (χ3v) is 4.10. The van der Waals surface area contributed by atoms with E-state index >= 15 is 0 Å². The Kier molecular flexibility index (Phi) is 4.90. The molecule has 1 aromatic heterocycles. The quantitative estimate of drug-likeness (QED) is 0.882. The van der Waals surface area contributed by atoms with Crippen LogP contribution in [0.5, 0.6) is 0 Å². The molecule has 120 valence electrons. The highest BCUT2D eigenvalue weighted by Crippen LogP contribution is 2.25. The Balaban J connectivity index is 2.29. The van der Waals surface area contributed by atoms with E-state index in [1.54, 1.807) is 31.2 Å². The first-order chi connectivity index (χ1) is 10.3. The van der Waals surface area contributed by atoms with Crippen molar-refractivity contribution >= 4 is 26.6 Å². The van der Waals surface area contributed by atoms with Crippen LogP contribution in [-0.4, -0.2) is 36.4 Å². The van der Waals surface area contributed by atoms with Gasteiger partial charge in [0.1, 0.15) is 15.7 Å². The van der Waals surface area contributed by atoms with E-state index in [4.69, 9.17) is 0 Å². The number of benzene rings is 1. The van der Waals surface area contributed by atoms with Crippen LogP contribution in [0.25, 0.3) is 10.9 Å². The normalized spacial score (nSPS) is 13.5. The maximum Gasteiger partial charge on any atom is 0.297 e. The summed E-state index contributed by atoms with van der Waals surface area (Å²) in [5, 5.41) is 3.63. The molecule has 8 heteroatoms. The highest BCUT2D eigenvalue weighted by Gasteiger charge is 2.16. The van der Waals surface area contributed by atoms with Crippen LogP contribution in [0.2, 0.25) is 0 Å². The summed E-state index contributed by atoms with van der Waals surface area (Å²) < 4.78 is 48.2. The first-order valence-electron chi connectivity index (χ1n) is 6.75. The zero-order valence-corrected chi connectivity index (χ0v) is 13.1. The zero-order valence-electron chi connectivity index (χ0n) is 12.3. The Morgan fingerprint density at radius 2 is 1.91 bits per heavy atom. The lowest BCUT2D eigenvalue weighted by atomic mass is 10.2. The lowest BCUT2D eigenvalue weighted by molar-refractivity contribution is 0.141. The summed E-state index contributed by atoms with van der Waals surface area (Å²) in [6.07, 6.45) is -1.24. The van der Waals surface area contributed by atoms with Crippen LogP contribution >= 0.6 is 0 Å². The summed E-state index contributed by atoms with van der Waals surface area (Å²) in [4.78, 5) is 7.69. The van der Waals surface area contributed by atoms with Gasteiger partial charge in [0, 0.05) is 17.7 Å². The number of aromatic nitrogens is 2. The minimum Gasteiger partial charge on any atom is -0.367 e. The average Bonchev–Trinajstić information content (AvgIpc) is 2.44. The molecule has 0 spiro atoms. The summed E-state index contributed by atoms with van der Waals surface area (Å²) in [7, 11) is -3.07. The molecule has 2 rings (SSSR count). The van der Waals surface area contributed by atoms with Crippen LogP contribution in [0.4, 0.5) is 14.6 Å². The van der Waals surface area contributed by atoms with E-state index < -0.39 is 22.1 Å². The van der Waals surface area contributed by atoms with E-state index in [0.717, 1.165) is 6.26 Å². The topological polar surface area (TPSA) is 72.0 Å². The standard InChI is InChI=1S/C14H17F2N3O2S/c1-9(7-8-22(2,20)21)17-13-10-5-3-4-6-11(10)18-14(19-13)12(15)16/h3-6,9,12H,7-8H2,1-2H3,(H,17,18,19). The number of halogens is 2. The molecule has 1 aromatic carbocycles. The molecule has 1 heterocycles. The highest BCUT2D eigenvalue weighted by atomic mass is 32.2. The fourth-order valence-electron chi connectivity index (χ4n) is 2.00. The van der Waals surface area contributed by atoms with Gasteiger partial charge in [0.25, 0.3) is 6.43 Å². The van der Waals surface area contributed by atoms with E-state index in [-0.39, 0.29) is 11.8 Å². The molecule has 1 unspecified atom stereocenters. The van der Waals surface area contributed by atoms with Crippen LogP contribution in [0.1, 0.15) is 25.6 Å². The molecular formula is C14H17F2N3O2S. The SMILES string of the molecule is CC(CCS(C)(=O)=O)Nc1nc(C(F)F)nc2ccccc12. The van der Waals surface area contributed by atoms with Crippen molar-refractivity contribution < 1.29 is 17.2 Å². The van der Waals surface area contributed by atoms with Crippen molar-refractivity contribution in [1.29, 1.82) is 0 Å². The Bertz CT molecular complexity index is 766. The van der Waals surface area contributed by atoms with Crippen molar-refractivity contribution in [3.63, 3.8) is 0 Å². The molecular weight excluding hydrogens is 312 g/mol. The number of sulfone groups is 1. The number of hydrogen-bond donors (Lipinski definition) is 1. The van der Waals surface area contributed by atoms with Crippen LogP contribution in [0.3, 0.4) is 0 Å². The number of fused-ring (bicyclic) bond motifs is 1. The molecule has 0 bridgehead atoms. The van der Waals surface area contributed by atoms with E-state index in [0.29, 0.717) is 23.1 Å². The fraction of sp³-hybridized carbons (Fsp3) is 0.429. The predicted molar refractivity (Wildman–Crippen MR) is 81.9 cm³/mol. The number of rotatable bonds is 6. The smallest absolute Gasteiger partial charge is 0.297 e. The van der Waals surface area contributed by atoms with Gasteiger partial charge in [0.15, 0.2) is 5.82 Å². The van der Waals surface area contributed by atoms with Crippen molar-refractivity contribution in [2.75, 3.05) is 17.3 Å². The summed E-state index contributed by atoms with van der Waals surface area (Å²) >= 11 is 0. The summed E-state index contributed by atoms with van der Waals surface area (Å²) in [6.45, 7) is 1.78. The molecule has 0 radical (unpaired) electrons. The van der Waals surface area contributed by atoms with E-state index in [1.807, 2.05) is 0 Å². The lowest BCUT2D eigenvalue weighted by Crippen LogP contribution is -2.20. The van der Waals surface area contributed by atoms with Gasteiger partial charge in [-0.05, 0) is 25.5 Å². The Morgan fingerprint density at radius 1 is 1.23 bits per heavy atom. The van der Waals surface area contributed by atoms with Gasteiger partial charge in [0.05, 0.1) is 11.3 Å². The molecule has 2 aromatic rings. The molecule has 22 heavy (non-hydrogen) atoms. The fourth-order valence-corrected chi connectivity index (χ4v) is 2.78. The molecule has 0 aliphatic carbocycles. The van der Waals surface area contributed by atoms with E-state index in [2.05, 4.69) is 15.3 Å². The number of hydrogen-bond acceptors (Lipinski definition) is 5. The van der Waals surface area contributed by atoms with Gasteiger partial charge in [-0.3, -0.25) is 0 Å². The Hall–Kier alpha value is -1.83. The zero-order chi connectivity index (χ0) is 16.3. The van der Waals surface area contributed by atoms with Gasteiger partial charge in [0.2, 0.25) is 0 Å². The van der Waals surface area contributed by atoms with E-state index in [1.165, 1.54) is 0 Å². The maximum absolute atomic E-state index is 12.9. The Labute approximate surface area is 127 Å². The van der Waals surface area contributed by atoms with Crippen molar-refractivity contribution in [3.05, 3.63) is 30.1 Å². The number of nitrogens with zero attached hydrogens (tertiary/aromatic N) is 2. The molecule has 0 saturated carbocycles. The van der Waals surface area contributed by atoms with Crippen LogP contribution in [-0.2, 0) is 9.84 Å². The van der Waals surface area contributed by atoms with Gasteiger partial charge < -0.3 is 5.32 Å². The lowest BCUT2D eigenvalue weighted by Gasteiger charge is -2.16. The summed E-state index contributed by atoms with van der Waals surface area (Å²) in [6, 6.07) is 6.62. The van der Waals surface area contributed by atoms with E-state index in [9.17, 15) is 17.2 Å². The van der Waals surface area contributed by atoms with Crippen molar-refractivity contribution in [1.82, 2.24) is 9.97 Å². The molecule has 0 aliphatic heterocycles. The Morgan fingerprint density at radius 3 is 2.55 bits per heavy atom. The molecule has 1 atom stereocenters. The van der Waals surface area contributed by atoms with Crippen LogP contribution in [0.15, 0.2) is 24.3 Å². The van der Waals surface area contributed by atoms with Crippen molar-refractivity contribution in [2.45, 2.75) is 25.8 Å². The van der Waals surface area contributed by atoms with Gasteiger partial charge in [-0.25, -0.2) is 27.2 Å². The minimum atomic E-state index is -3.07. The van der Waals surface area contributed by atoms with Gasteiger partial charge in [-0.2, -0.15) is 0 Å². The van der Waals surface area contributed by atoms with Crippen LogP contribution in [0, 0.1) is 0 Å². The average molecular weight is 329 g/mol. The van der Waals surface area contributed by atoms with Crippen LogP contribution < -0.4 is 5.32 Å². The molecule has 1 N–H and O–H groups in total. The first kappa shape index (κ1) is 16.5. The second-order valence-electron chi connectivity index (χ2n) is 5.21. The third kappa shape index (κ3) is 4.33. The molecule has 0 aliphatic rings. The highest BCUT2D eigenvalue weighted by molar-refractivity contribution is 7.90. The molecule has 0 saturated heterocycles. The van der Waals surface area contributed by atoms with Crippen molar-refractivity contribution in [3.8, 4) is 0 Å². The molecule has 0 amide bonds. The number of alkyl halides is 2. The molecule has 0 fully saturated rings. The van der Waals surface area contributed by atoms with Gasteiger partial charge >= 0.3 is 0 Å². The molecule has 5 nitrogen and oxygen atoms in total. The van der Waals surface area contributed by atoms with Crippen molar-refractivity contribution in [2.24, 2.45) is 0 Å². The number of anilines is 1. The van der Waals surface area contributed by atoms with Gasteiger partial charge in [-0.1, -0.05) is 12.1 Å². The minimum absolute atomic E-state index is 0.0197. The second-order valence-corrected chi connectivity index (χ2v) is 7.47. The predicted octanol–water partition coefficient (Wildman–Crippen LogP) is 2.80. The number of para-hydroxylation sites is 1. The monoisotopic (exact) mass is 329 g/mol. The first-order valence-corrected chi connectivity index (χ1v) is 8.81. The largest absolute Gasteiger partial charge is 0.367 e. The summed E-state index contributed by atoms with van der Waals surface area (Å²) in [5.41, 5.74) is 0.422.